The molecular formula is C17H29IN4O2S. The highest BCUT2D eigenvalue weighted by molar-refractivity contribution is 14.0. The van der Waals surface area contributed by atoms with Gasteiger partial charge in [-0.15, -0.1) is 24.0 Å². The predicted molar refractivity (Wildman–Crippen MR) is 113 cm³/mol. The largest absolute Gasteiger partial charge is 0.356 e. The molecule has 1 aromatic carbocycles. The number of primary sulfonamides is 1. The molecule has 0 heterocycles. The van der Waals surface area contributed by atoms with Crippen LogP contribution in [-0.4, -0.2) is 34.5 Å². The molecular weight excluding hydrogens is 451 g/mol. The molecule has 1 fully saturated rings. The van der Waals surface area contributed by atoms with Crippen molar-refractivity contribution in [3.8, 4) is 0 Å². The van der Waals surface area contributed by atoms with Crippen molar-refractivity contribution in [3.63, 3.8) is 0 Å². The van der Waals surface area contributed by atoms with Crippen LogP contribution in [0.4, 0.5) is 0 Å². The topological polar surface area (TPSA) is 96.6 Å². The third-order valence-electron chi connectivity index (χ3n) is 4.98. The normalized spacial score (nSPS) is 16.5. The van der Waals surface area contributed by atoms with Crippen molar-refractivity contribution < 1.29 is 8.42 Å². The lowest BCUT2D eigenvalue weighted by molar-refractivity contribution is 0.131. The number of sulfonamides is 1. The van der Waals surface area contributed by atoms with E-state index in [1.54, 1.807) is 31.3 Å². The summed E-state index contributed by atoms with van der Waals surface area (Å²) in [5, 5.41) is 11.8. The third kappa shape index (κ3) is 6.41. The second-order valence-corrected chi connectivity index (χ2v) is 8.06. The zero-order valence-corrected chi connectivity index (χ0v) is 18.1. The average molecular weight is 480 g/mol. The molecule has 0 saturated heterocycles. The molecule has 0 amide bonds. The van der Waals surface area contributed by atoms with E-state index < -0.39 is 10.0 Å². The summed E-state index contributed by atoms with van der Waals surface area (Å²) in [6.07, 6.45) is 5.90. The zero-order valence-electron chi connectivity index (χ0n) is 14.9. The number of benzene rings is 1. The highest BCUT2D eigenvalue weighted by Crippen LogP contribution is 2.42. The molecule has 2 rings (SSSR count). The molecule has 0 unspecified atom stereocenters. The molecule has 1 saturated carbocycles. The predicted octanol–water partition coefficient (Wildman–Crippen LogP) is 2.24. The van der Waals surface area contributed by atoms with E-state index in [1.165, 1.54) is 25.7 Å². The number of rotatable bonds is 7. The molecule has 4 N–H and O–H groups in total. The minimum Gasteiger partial charge on any atom is -0.356 e. The Morgan fingerprint density at radius 2 is 1.88 bits per heavy atom. The maximum absolute atomic E-state index is 11.2. The lowest BCUT2D eigenvalue weighted by Gasteiger charge is -2.41. The van der Waals surface area contributed by atoms with E-state index in [0.29, 0.717) is 5.41 Å². The van der Waals surface area contributed by atoms with Gasteiger partial charge in [0.05, 0.1) is 4.90 Å². The van der Waals surface area contributed by atoms with Gasteiger partial charge in [0.1, 0.15) is 0 Å². The van der Waals surface area contributed by atoms with Crippen LogP contribution in [0.3, 0.4) is 0 Å². The van der Waals surface area contributed by atoms with E-state index in [4.69, 9.17) is 5.14 Å². The molecule has 0 aliphatic heterocycles. The van der Waals surface area contributed by atoms with Crippen LogP contribution in [0.25, 0.3) is 0 Å². The summed E-state index contributed by atoms with van der Waals surface area (Å²) in [4.78, 5) is 4.40. The van der Waals surface area contributed by atoms with E-state index in [0.717, 1.165) is 31.0 Å². The number of nitrogens with one attached hydrogen (secondary N) is 2. The number of guanidine groups is 1. The molecule has 1 aromatic rings. The highest BCUT2D eigenvalue weighted by Gasteiger charge is 2.34. The minimum atomic E-state index is -3.62. The highest BCUT2D eigenvalue weighted by atomic mass is 127. The molecule has 25 heavy (non-hydrogen) atoms. The summed E-state index contributed by atoms with van der Waals surface area (Å²) in [5.41, 5.74) is 1.50. The van der Waals surface area contributed by atoms with E-state index in [-0.39, 0.29) is 28.9 Å². The van der Waals surface area contributed by atoms with Crippen molar-refractivity contribution in [3.05, 3.63) is 29.8 Å². The summed E-state index contributed by atoms with van der Waals surface area (Å²) < 4.78 is 22.5. The Balaban J connectivity index is 0.00000312. The van der Waals surface area contributed by atoms with Gasteiger partial charge in [-0.1, -0.05) is 25.5 Å². The van der Waals surface area contributed by atoms with Gasteiger partial charge in [-0.25, -0.2) is 13.6 Å². The number of aliphatic imine (C=N–C) groups is 1. The summed E-state index contributed by atoms with van der Waals surface area (Å²) in [7, 11) is -1.85. The summed E-state index contributed by atoms with van der Waals surface area (Å²) in [5.74, 6) is 0.816. The molecule has 0 spiro atoms. The molecule has 0 bridgehead atoms. The van der Waals surface area contributed by atoms with Gasteiger partial charge in [-0.2, -0.15) is 0 Å². The van der Waals surface area contributed by atoms with Crippen LogP contribution in [-0.2, 0) is 16.4 Å². The van der Waals surface area contributed by atoms with Gasteiger partial charge in [0.2, 0.25) is 10.0 Å². The van der Waals surface area contributed by atoms with Crippen LogP contribution in [0.5, 0.6) is 0 Å². The van der Waals surface area contributed by atoms with Gasteiger partial charge in [-0.05, 0) is 48.8 Å². The van der Waals surface area contributed by atoms with Gasteiger partial charge < -0.3 is 10.6 Å². The van der Waals surface area contributed by atoms with Crippen LogP contribution in [0.1, 0.15) is 38.2 Å². The Labute approximate surface area is 168 Å². The fraction of sp³-hybridized carbons (Fsp3) is 0.588. The molecule has 0 atom stereocenters. The second-order valence-electron chi connectivity index (χ2n) is 6.50. The molecule has 1 aliphatic rings. The van der Waals surface area contributed by atoms with Crippen LogP contribution in [0, 0.1) is 5.41 Å². The summed E-state index contributed by atoms with van der Waals surface area (Å²) >= 11 is 0. The Morgan fingerprint density at radius 1 is 1.24 bits per heavy atom. The molecule has 0 radical (unpaired) electrons. The number of nitrogens with two attached hydrogens (primary N) is 1. The number of hydrogen-bond acceptors (Lipinski definition) is 3. The van der Waals surface area contributed by atoms with E-state index >= 15 is 0 Å². The lowest BCUT2D eigenvalue weighted by Crippen LogP contribution is -2.46. The van der Waals surface area contributed by atoms with E-state index in [1.807, 2.05) is 0 Å². The fourth-order valence-corrected chi connectivity index (χ4v) is 3.51. The molecule has 0 aromatic heterocycles. The number of nitrogens with zero attached hydrogens (tertiary/aromatic N) is 1. The van der Waals surface area contributed by atoms with Crippen LogP contribution >= 0.6 is 24.0 Å². The fourth-order valence-electron chi connectivity index (χ4n) is 2.99. The van der Waals surface area contributed by atoms with Gasteiger partial charge in [0, 0.05) is 20.1 Å². The first-order chi connectivity index (χ1) is 11.4. The van der Waals surface area contributed by atoms with Gasteiger partial charge >= 0.3 is 0 Å². The second kappa shape index (κ2) is 9.72. The van der Waals surface area contributed by atoms with Crippen molar-refractivity contribution in [1.82, 2.24) is 10.6 Å². The van der Waals surface area contributed by atoms with Crippen molar-refractivity contribution >= 4 is 40.0 Å². The van der Waals surface area contributed by atoms with Crippen molar-refractivity contribution in [2.45, 2.75) is 43.9 Å². The maximum Gasteiger partial charge on any atom is 0.238 e. The van der Waals surface area contributed by atoms with Crippen LogP contribution in [0.15, 0.2) is 34.2 Å². The average Bonchev–Trinajstić information content (AvgIpc) is 2.52. The maximum atomic E-state index is 11.2. The van der Waals surface area contributed by atoms with E-state index in [2.05, 4.69) is 22.5 Å². The van der Waals surface area contributed by atoms with Crippen LogP contribution < -0.4 is 15.8 Å². The number of hydrogen-bond donors (Lipinski definition) is 3. The Kier molecular flexibility index (Phi) is 8.62. The smallest absolute Gasteiger partial charge is 0.238 e. The standard InChI is InChI=1S/C17H28N4O2S.HI/c1-3-17(10-4-11-17)13-21-16(19-2)20-12-9-14-5-7-15(8-6-14)24(18,22)23;/h5-8H,3-4,9-13H2,1-2H3,(H2,18,22,23)(H2,19,20,21);1H. The molecule has 8 heteroatoms. The van der Waals surface area contributed by atoms with Crippen molar-refractivity contribution in [2.75, 3.05) is 20.1 Å². The Morgan fingerprint density at radius 3 is 2.32 bits per heavy atom. The van der Waals surface area contributed by atoms with E-state index in [9.17, 15) is 8.42 Å². The molecule has 6 nitrogen and oxygen atoms in total. The Bertz CT molecular complexity index is 665. The van der Waals surface area contributed by atoms with Crippen molar-refractivity contribution in [2.24, 2.45) is 15.5 Å². The quantitative estimate of drug-likeness (QED) is 0.317. The van der Waals surface area contributed by atoms with Crippen molar-refractivity contribution in [1.29, 1.82) is 0 Å². The van der Waals surface area contributed by atoms with Gasteiger partial charge in [-0.3, -0.25) is 4.99 Å². The third-order valence-corrected chi connectivity index (χ3v) is 5.91. The Hall–Kier alpha value is -0.870. The molecule has 142 valence electrons. The summed E-state index contributed by atoms with van der Waals surface area (Å²) in [6, 6.07) is 6.66. The zero-order chi connectivity index (χ0) is 17.6. The van der Waals surface area contributed by atoms with Crippen LogP contribution in [0.2, 0.25) is 0 Å². The SMILES string of the molecule is CCC1(CNC(=NC)NCCc2ccc(S(N)(=O)=O)cc2)CCC1.I. The summed E-state index contributed by atoms with van der Waals surface area (Å²) in [6.45, 7) is 3.95. The number of halogens is 1. The monoisotopic (exact) mass is 480 g/mol. The molecule has 1 aliphatic carbocycles. The van der Waals surface area contributed by atoms with Gasteiger partial charge in [0.25, 0.3) is 0 Å². The minimum absolute atomic E-state index is 0. The van der Waals surface area contributed by atoms with Gasteiger partial charge in [0.15, 0.2) is 5.96 Å². The first-order valence-electron chi connectivity index (χ1n) is 8.45. The first-order valence-corrected chi connectivity index (χ1v) is 9.99. The lowest BCUT2D eigenvalue weighted by atomic mass is 9.67. The first kappa shape index (κ1) is 22.2.